The minimum atomic E-state index is -0.153. The van der Waals surface area contributed by atoms with Crippen LogP contribution < -0.4 is 5.32 Å². The highest BCUT2D eigenvalue weighted by Gasteiger charge is 2.12. The van der Waals surface area contributed by atoms with E-state index in [2.05, 4.69) is 34.7 Å². The maximum atomic E-state index is 12.6. The van der Waals surface area contributed by atoms with Crippen LogP contribution in [-0.2, 0) is 6.54 Å². The summed E-state index contributed by atoms with van der Waals surface area (Å²) in [5, 5.41) is 11.5. The number of nitrogens with one attached hydrogen (secondary N) is 1. The molecule has 1 N–H and O–H groups in total. The zero-order valence-electron chi connectivity index (χ0n) is 15.3. The Morgan fingerprint density at radius 1 is 0.963 bits per heavy atom. The number of rotatable bonds is 4. The number of anilines is 1. The number of benzene rings is 3. The number of carbonyl (C=O) groups is 1. The van der Waals surface area contributed by atoms with Gasteiger partial charge in [0.2, 0.25) is 0 Å². The molecule has 5 nitrogen and oxygen atoms in total. The highest BCUT2D eigenvalue weighted by Crippen LogP contribution is 2.19. The van der Waals surface area contributed by atoms with E-state index < -0.39 is 0 Å². The summed E-state index contributed by atoms with van der Waals surface area (Å²) in [5.41, 5.74) is 6.43. The average Bonchev–Trinajstić information content (AvgIpc) is 3.07. The topological polar surface area (TPSA) is 59.8 Å². The Labute approximate surface area is 157 Å². The number of hydrogen-bond donors (Lipinski definition) is 1. The van der Waals surface area contributed by atoms with Crippen molar-refractivity contribution in [3.8, 4) is 0 Å². The number of para-hydroxylation sites is 1. The lowest BCUT2D eigenvalue weighted by Crippen LogP contribution is -2.12. The largest absolute Gasteiger partial charge is 0.322 e. The summed E-state index contributed by atoms with van der Waals surface area (Å²) < 4.78 is 1.86. The Kier molecular flexibility index (Phi) is 4.42. The zero-order chi connectivity index (χ0) is 18.8. The monoisotopic (exact) mass is 356 g/mol. The highest BCUT2D eigenvalue weighted by molar-refractivity contribution is 6.06. The summed E-state index contributed by atoms with van der Waals surface area (Å²) in [6.45, 7) is 4.70. The fourth-order valence-corrected chi connectivity index (χ4v) is 3.09. The van der Waals surface area contributed by atoms with E-state index in [0.29, 0.717) is 17.6 Å². The van der Waals surface area contributed by atoms with Gasteiger partial charge in [-0.05, 0) is 54.8 Å². The van der Waals surface area contributed by atoms with Crippen LogP contribution in [0, 0.1) is 13.8 Å². The molecule has 0 saturated heterocycles. The van der Waals surface area contributed by atoms with Gasteiger partial charge in [-0.15, -0.1) is 5.10 Å². The molecule has 4 rings (SSSR count). The molecule has 0 atom stereocenters. The SMILES string of the molecule is Cc1ccccc1Cn1nnc2cc(C(=O)Nc3ccccc3C)ccc21. The molecule has 0 bridgehead atoms. The molecule has 5 heteroatoms. The number of aromatic nitrogens is 3. The van der Waals surface area contributed by atoms with E-state index in [1.165, 1.54) is 11.1 Å². The predicted molar refractivity (Wildman–Crippen MR) is 107 cm³/mol. The first-order valence-electron chi connectivity index (χ1n) is 8.86. The van der Waals surface area contributed by atoms with E-state index in [4.69, 9.17) is 0 Å². The molecule has 0 aliphatic heterocycles. The van der Waals surface area contributed by atoms with Crippen molar-refractivity contribution >= 4 is 22.6 Å². The highest BCUT2D eigenvalue weighted by atomic mass is 16.1. The van der Waals surface area contributed by atoms with E-state index >= 15 is 0 Å². The van der Waals surface area contributed by atoms with Crippen LogP contribution in [0.2, 0.25) is 0 Å². The van der Waals surface area contributed by atoms with Gasteiger partial charge in [0.25, 0.3) is 5.91 Å². The first-order valence-corrected chi connectivity index (χ1v) is 8.86. The van der Waals surface area contributed by atoms with Gasteiger partial charge in [-0.1, -0.05) is 47.7 Å². The van der Waals surface area contributed by atoms with Crippen LogP contribution in [0.4, 0.5) is 5.69 Å². The Hall–Kier alpha value is -3.47. The van der Waals surface area contributed by atoms with Crippen LogP contribution in [0.1, 0.15) is 27.0 Å². The molecule has 3 aromatic carbocycles. The molecule has 0 radical (unpaired) electrons. The second-order valence-electron chi connectivity index (χ2n) is 6.65. The molecule has 0 spiro atoms. The second kappa shape index (κ2) is 7.03. The molecule has 0 fully saturated rings. The lowest BCUT2D eigenvalue weighted by molar-refractivity contribution is 0.102. The third-order valence-electron chi connectivity index (χ3n) is 4.75. The lowest BCUT2D eigenvalue weighted by atomic mass is 10.1. The lowest BCUT2D eigenvalue weighted by Gasteiger charge is -2.08. The van der Waals surface area contributed by atoms with E-state index in [9.17, 15) is 4.79 Å². The maximum absolute atomic E-state index is 12.6. The van der Waals surface area contributed by atoms with Gasteiger partial charge in [0, 0.05) is 11.3 Å². The Bertz CT molecular complexity index is 1130. The number of aryl methyl sites for hydroxylation is 2. The zero-order valence-corrected chi connectivity index (χ0v) is 15.3. The van der Waals surface area contributed by atoms with E-state index in [0.717, 1.165) is 16.8 Å². The van der Waals surface area contributed by atoms with Crippen molar-refractivity contribution in [3.63, 3.8) is 0 Å². The van der Waals surface area contributed by atoms with Crippen LogP contribution in [-0.4, -0.2) is 20.9 Å². The summed E-state index contributed by atoms with van der Waals surface area (Å²) in [5.74, 6) is -0.153. The summed E-state index contributed by atoms with van der Waals surface area (Å²) in [7, 11) is 0. The molecular formula is C22H20N4O. The Morgan fingerprint density at radius 2 is 1.70 bits per heavy atom. The fraction of sp³-hybridized carbons (Fsp3) is 0.136. The van der Waals surface area contributed by atoms with Crippen molar-refractivity contribution in [2.24, 2.45) is 0 Å². The van der Waals surface area contributed by atoms with Crippen LogP contribution in [0.5, 0.6) is 0 Å². The van der Waals surface area contributed by atoms with Crippen molar-refractivity contribution in [2.75, 3.05) is 5.32 Å². The molecule has 0 aliphatic rings. The van der Waals surface area contributed by atoms with Gasteiger partial charge in [-0.25, -0.2) is 4.68 Å². The van der Waals surface area contributed by atoms with Crippen molar-refractivity contribution in [2.45, 2.75) is 20.4 Å². The van der Waals surface area contributed by atoms with Gasteiger partial charge < -0.3 is 5.32 Å². The van der Waals surface area contributed by atoms with E-state index in [1.54, 1.807) is 6.07 Å². The van der Waals surface area contributed by atoms with Crippen molar-refractivity contribution in [3.05, 3.63) is 89.0 Å². The summed E-state index contributed by atoms with van der Waals surface area (Å²) in [4.78, 5) is 12.6. The second-order valence-corrected chi connectivity index (χ2v) is 6.65. The molecule has 0 unspecified atom stereocenters. The van der Waals surface area contributed by atoms with Crippen LogP contribution in [0.15, 0.2) is 66.7 Å². The van der Waals surface area contributed by atoms with Crippen molar-refractivity contribution in [1.29, 1.82) is 0 Å². The van der Waals surface area contributed by atoms with Crippen LogP contribution >= 0.6 is 0 Å². The maximum Gasteiger partial charge on any atom is 0.255 e. The van der Waals surface area contributed by atoms with Crippen LogP contribution in [0.3, 0.4) is 0 Å². The summed E-state index contributed by atoms with van der Waals surface area (Å²) in [6.07, 6.45) is 0. The minimum absolute atomic E-state index is 0.153. The van der Waals surface area contributed by atoms with E-state index in [-0.39, 0.29) is 5.91 Å². The molecule has 1 heterocycles. The molecule has 1 aromatic heterocycles. The smallest absolute Gasteiger partial charge is 0.255 e. The fourth-order valence-electron chi connectivity index (χ4n) is 3.09. The number of nitrogens with zero attached hydrogens (tertiary/aromatic N) is 3. The molecule has 0 aliphatic carbocycles. The van der Waals surface area contributed by atoms with Gasteiger partial charge in [-0.3, -0.25) is 4.79 Å². The van der Waals surface area contributed by atoms with Gasteiger partial charge >= 0.3 is 0 Å². The number of hydrogen-bond acceptors (Lipinski definition) is 3. The van der Waals surface area contributed by atoms with Gasteiger partial charge in [0.05, 0.1) is 12.1 Å². The van der Waals surface area contributed by atoms with Crippen molar-refractivity contribution in [1.82, 2.24) is 15.0 Å². The van der Waals surface area contributed by atoms with Gasteiger partial charge in [0.1, 0.15) is 5.52 Å². The Morgan fingerprint density at radius 3 is 2.48 bits per heavy atom. The molecular weight excluding hydrogens is 336 g/mol. The summed E-state index contributed by atoms with van der Waals surface area (Å²) in [6, 6.07) is 21.4. The normalized spacial score (nSPS) is 10.9. The van der Waals surface area contributed by atoms with Gasteiger partial charge in [0.15, 0.2) is 0 Å². The van der Waals surface area contributed by atoms with Crippen LogP contribution in [0.25, 0.3) is 11.0 Å². The summed E-state index contributed by atoms with van der Waals surface area (Å²) >= 11 is 0. The van der Waals surface area contributed by atoms with E-state index in [1.807, 2.05) is 60.1 Å². The third kappa shape index (κ3) is 3.44. The quantitative estimate of drug-likeness (QED) is 0.591. The Balaban J connectivity index is 1.59. The molecule has 1 amide bonds. The standard InChI is InChI=1S/C22H20N4O/c1-15-7-3-5-9-18(15)14-26-21-12-11-17(13-20(21)24-25-26)22(27)23-19-10-6-4-8-16(19)2/h3-13H,14H2,1-2H3,(H,23,27). The number of carbonyl (C=O) groups excluding carboxylic acids is 1. The first kappa shape index (κ1) is 17.0. The average molecular weight is 356 g/mol. The first-order chi connectivity index (χ1) is 13.1. The molecule has 0 saturated carbocycles. The minimum Gasteiger partial charge on any atom is -0.322 e. The molecule has 134 valence electrons. The third-order valence-corrected chi connectivity index (χ3v) is 4.75. The number of fused-ring (bicyclic) bond motifs is 1. The van der Waals surface area contributed by atoms with Gasteiger partial charge in [-0.2, -0.15) is 0 Å². The predicted octanol–water partition coefficient (Wildman–Crippen LogP) is 4.35. The molecule has 27 heavy (non-hydrogen) atoms. The number of amides is 1. The van der Waals surface area contributed by atoms with Crippen molar-refractivity contribution < 1.29 is 4.79 Å². The molecule has 4 aromatic rings.